The molecule has 1 aliphatic heterocycles. The maximum absolute atomic E-state index is 10.9. The number of carbonyl (C=O) groups is 1. The quantitative estimate of drug-likeness (QED) is 0.818. The van der Waals surface area contributed by atoms with Crippen LogP contribution in [0.15, 0.2) is 35.9 Å². The molecular formula is C21H26O4. The Bertz CT molecular complexity index is 666. The molecule has 25 heavy (non-hydrogen) atoms. The van der Waals surface area contributed by atoms with Crippen LogP contribution in [-0.4, -0.2) is 23.8 Å². The molecule has 134 valence electrons. The molecule has 0 bridgehead atoms. The average molecular weight is 342 g/mol. The summed E-state index contributed by atoms with van der Waals surface area (Å²) < 4.78 is 12.2. The fourth-order valence-corrected chi connectivity index (χ4v) is 4.88. The Morgan fingerprint density at radius 3 is 2.80 bits per heavy atom. The van der Waals surface area contributed by atoms with E-state index >= 15 is 0 Å². The van der Waals surface area contributed by atoms with Crippen LogP contribution in [0.5, 0.6) is 5.75 Å². The molecule has 0 radical (unpaired) electrons. The Kier molecular flexibility index (Phi) is 4.80. The summed E-state index contributed by atoms with van der Waals surface area (Å²) in [4.78, 5) is 10.9. The second kappa shape index (κ2) is 7.20. The molecule has 4 atom stereocenters. The number of fused-ring (bicyclic) bond motifs is 3. The number of hydrogen-bond donors (Lipinski definition) is 1. The summed E-state index contributed by atoms with van der Waals surface area (Å²) in [5.74, 6) is 0.684. The zero-order chi connectivity index (χ0) is 17.2. The minimum atomic E-state index is -0.954. The number of rotatable bonds is 4. The Morgan fingerprint density at radius 2 is 1.92 bits per heavy atom. The summed E-state index contributed by atoms with van der Waals surface area (Å²) in [5.41, 5.74) is 2.60. The molecule has 4 nitrogen and oxygen atoms in total. The summed E-state index contributed by atoms with van der Waals surface area (Å²) in [6, 6.07) is 7.79. The third-order valence-corrected chi connectivity index (χ3v) is 5.92. The van der Waals surface area contributed by atoms with E-state index in [0.717, 1.165) is 18.4 Å². The topological polar surface area (TPSA) is 55.8 Å². The lowest BCUT2D eigenvalue weighted by Gasteiger charge is -2.47. The van der Waals surface area contributed by atoms with Crippen molar-refractivity contribution in [1.82, 2.24) is 0 Å². The zero-order valence-electron chi connectivity index (χ0n) is 14.5. The molecular weight excluding hydrogens is 316 g/mol. The first kappa shape index (κ1) is 16.6. The predicted molar refractivity (Wildman–Crippen MR) is 94.6 cm³/mol. The summed E-state index contributed by atoms with van der Waals surface area (Å²) in [5, 5.41) is 8.95. The van der Waals surface area contributed by atoms with Crippen molar-refractivity contribution in [3.8, 4) is 5.75 Å². The first-order valence-electron chi connectivity index (χ1n) is 9.53. The van der Waals surface area contributed by atoms with Crippen LogP contribution in [0.1, 0.15) is 56.6 Å². The van der Waals surface area contributed by atoms with Crippen molar-refractivity contribution in [1.29, 1.82) is 0 Å². The van der Waals surface area contributed by atoms with E-state index in [4.69, 9.17) is 14.6 Å². The molecule has 2 aliphatic carbocycles. The number of ether oxygens (including phenoxy) is 2. The van der Waals surface area contributed by atoms with Gasteiger partial charge in [-0.25, -0.2) is 4.79 Å². The SMILES string of the molecule is O=C(O)COc1ccccc1[C@@H]1O[C@@H]2CCCC[C@H]2C2=CCCC[C@@H]21. The fourth-order valence-electron chi connectivity index (χ4n) is 4.88. The summed E-state index contributed by atoms with van der Waals surface area (Å²) >= 11 is 0. The maximum atomic E-state index is 10.9. The van der Waals surface area contributed by atoms with Crippen LogP contribution in [0, 0.1) is 11.8 Å². The molecule has 0 unspecified atom stereocenters. The monoisotopic (exact) mass is 342 g/mol. The van der Waals surface area contributed by atoms with Crippen molar-refractivity contribution in [3.05, 3.63) is 41.5 Å². The third-order valence-electron chi connectivity index (χ3n) is 5.92. The second-order valence-corrected chi connectivity index (χ2v) is 7.45. The molecule has 1 saturated heterocycles. The van der Waals surface area contributed by atoms with Gasteiger partial charge in [-0.2, -0.15) is 0 Å². The van der Waals surface area contributed by atoms with Crippen molar-refractivity contribution in [2.45, 2.75) is 57.2 Å². The highest BCUT2D eigenvalue weighted by Gasteiger charge is 2.44. The van der Waals surface area contributed by atoms with Crippen molar-refractivity contribution >= 4 is 5.97 Å². The molecule has 4 heteroatoms. The highest BCUT2D eigenvalue weighted by atomic mass is 16.5. The second-order valence-electron chi connectivity index (χ2n) is 7.45. The van der Waals surface area contributed by atoms with Gasteiger partial charge in [0.1, 0.15) is 5.75 Å². The van der Waals surface area contributed by atoms with E-state index in [1.54, 1.807) is 5.57 Å². The number of benzene rings is 1. The van der Waals surface area contributed by atoms with Gasteiger partial charge in [0, 0.05) is 17.4 Å². The van der Waals surface area contributed by atoms with Crippen molar-refractivity contribution < 1.29 is 19.4 Å². The lowest BCUT2D eigenvalue weighted by molar-refractivity contribution is -0.139. The van der Waals surface area contributed by atoms with Crippen LogP contribution in [0.2, 0.25) is 0 Å². The molecule has 0 spiro atoms. The van der Waals surface area contributed by atoms with Gasteiger partial charge < -0.3 is 14.6 Å². The molecule has 1 heterocycles. The standard InChI is InChI=1S/C21H26O4/c22-20(23)13-24-18-11-5-4-10-17(18)21-16-9-2-1-7-14(16)15-8-3-6-12-19(15)25-21/h4-5,7,10-11,15-16,19,21H,1-3,6,8-9,12-13H2,(H,22,23)/t15-,16-,19+,21+/m0/s1. The van der Waals surface area contributed by atoms with E-state index in [2.05, 4.69) is 6.08 Å². The van der Waals surface area contributed by atoms with Gasteiger partial charge in [0.2, 0.25) is 0 Å². The van der Waals surface area contributed by atoms with Crippen molar-refractivity contribution in [3.63, 3.8) is 0 Å². The van der Waals surface area contributed by atoms with E-state index in [1.807, 2.05) is 24.3 Å². The Balaban J connectivity index is 1.66. The Hall–Kier alpha value is -1.81. The fraction of sp³-hybridized carbons (Fsp3) is 0.571. The molecule has 3 aliphatic rings. The van der Waals surface area contributed by atoms with Gasteiger partial charge in [0.15, 0.2) is 6.61 Å². The lowest BCUT2D eigenvalue weighted by Crippen LogP contribution is -2.41. The molecule has 1 aromatic rings. The van der Waals surface area contributed by atoms with E-state index in [9.17, 15) is 4.79 Å². The Labute approximate surface area is 148 Å². The minimum Gasteiger partial charge on any atom is -0.482 e. The van der Waals surface area contributed by atoms with Crippen molar-refractivity contribution in [2.75, 3.05) is 6.61 Å². The summed E-state index contributed by atoms with van der Waals surface area (Å²) in [6.07, 6.45) is 11.2. The van der Waals surface area contributed by atoms with Crippen LogP contribution in [-0.2, 0) is 9.53 Å². The van der Waals surface area contributed by atoms with Crippen LogP contribution < -0.4 is 4.74 Å². The van der Waals surface area contributed by atoms with Gasteiger partial charge in [-0.05, 0) is 38.2 Å². The van der Waals surface area contributed by atoms with Crippen molar-refractivity contribution in [2.24, 2.45) is 11.8 Å². The maximum Gasteiger partial charge on any atom is 0.341 e. The molecule has 1 saturated carbocycles. The van der Waals surface area contributed by atoms with E-state index < -0.39 is 5.97 Å². The molecule has 0 amide bonds. The van der Waals surface area contributed by atoms with Crippen LogP contribution in [0.4, 0.5) is 0 Å². The lowest BCUT2D eigenvalue weighted by atomic mass is 9.68. The molecule has 1 aromatic carbocycles. The number of hydrogen-bond acceptors (Lipinski definition) is 3. The van der Waals surface area contributed by atoms with Gasteiger partial charge in [-0.3, -0.25) is 0 Å². The first-order chi connectivity index (χ1) is 12.2. The predicted octanol–water partition coefficient (Wildman–Crippen LogP) is 4.51. The van der Waals surface area contributed by atoms with Crippen LogP contribution >= 0.6 is 0 Å². The number of aliphatic carboxylic acids is 1. The highest BCUT2D eigenvalue weighted by Crippen LogP contribution is 2.52. The molecule has 0 aromatic heterocycles. The van der Waals surface area contributed by atoms with Crippen LogP contribution in [0.25, 0.3) is 0 Å². The zero-order valence-corrected chi connectivity index (χ0v) is 14.5. The minimum absolute atomic E-state index is 0.0177. The van der Waals surface area contributed by atoms with Gasteiger partial charge in [0.25, 0.3) is 0 Å². The van der Waals surface area contributed by atoms with Gasteiger partial charge in [0.05, 0.1) is 12.2 Å². The molecule has 4 rings (SSSR count). The number of allylic oxidation sites excluding steroid dienone is 1. The average Bonchev–Trinajstić information content (AvgIpc) is 2.66. The molecule has 1 N–H and O–H groups in total. The summed E-state index contributed by atoms with van der Waals surface area (Å²) in [7, 11) is 0. The smallest absolute Gasteiger partial charge is 0.341 e. The van der Waals surface area contributed by atoms with E-state index in [0.29, 0.717) is 23.7 Å². The number of para-hydroxylation sites is 1. The van der Waals surface area contributed by atoms with Crippen LogP contribution in [0.3, 0.4) is 0 Å². The van der Waals surface area contributed by atoms with Gasteiger partial charge in [-0.15, -0.1) is 0 Å². The first-order valence-corrected chi connectivity index (χ1v) is 9.53. The van der Waals surface area contributed by atoms with Gasteiger partial charge >= 0.3 is 5.97 Å². The van der Waals surface area contributed by atoms with Gasteiger partial charge in [-0.1, -0.05) is 42.7 Å². The normalized spacial score (nSPS) is 31.4. The molecule has 2 fully saturated rings. The highest BCUT2D eigenvalue weighted by molar-refractivity contribution is 5.68. The third kappa shape index (κ3) is 3.32. The number of carboxylic acids is 1. The number of carboxylic acid groups (broad SMARTS) is 1. The van der Waals surface area contributed by atoms with E-state index in [1.165, 1.54) is 32.1 Å². The van der Waals surface area contributed by atoms with E-state index in [-0.39, 0.29) is 12.7 Å². The Morgan fingerprint density at radius 1 is 1.12 bits per heavy atom. The summed E-state index contributed by atoms with van der Waals surface area (Å²) in [6.45, 7) is -0.316. The largest absolute Gasteiger partial charge is 0.482 e.